The van der Waals surface area contributed by atoms with E-state index in [2.05, 4.69) is 15.2 Å². The molecule has 1 N–H and O–H groups in total. The Hall–Kier alpha value is -6.18. The number of aromatic nitrogens is 3. The second kappa shape index (κ2) is 17.2. The van der Waals surface area contributed by atoms with Crippen molar-refractivity contribution in [3.8, 4) is 45.3 Å². The van der Waals surface area contributed by atoms with Gasteiger partial charge in [0.15, 0.2) is 0 Å². The number of benzene rings is 4. The highest BCUT2D eigenvalue weighted by Crippen LogP contribution is 2.42. The van der Waals surface area contributed by atoms with Crippen LogP contribution in [0.15, 0.2) is 102 Å². The molecule has 6 aromatic rings. The van der Waals surface area contributed by atoms with E-state index in [0.717, 1.165) is 39.9 Å². The van der Waals surface area contributed by atoms with Crippen LogP contribution in [0.1, 0.15) is 11.1 Å². The molecule has 1 fully saturated rings. The van der Waals surface area contributed by atoms with Crippen LogP contribution >= 0.6 is 22.9 Å². The molecule has 20 heteroatoms. The summed E-state index contributed by atoms with van der Waals surface area (Å²) in [4.78, 5) is 18.4. The standard InChI is InChI=1S/C40H33ClF4N6O7S2/c1-56-29-9-5-27(34(19-29)57-2)22-51(38-48-47-23-59-38)60(54,55)36-20-31(41)35(21-32(36)42)58-33-10-6-25(24-3-7-28(8-4-24)40(43,44)45)17-30(33)26-11-12-46-37(18-26)49-13-15-50(16-14-49)39(52)53/h3-12,17-21,23H,13-16,22H2,1-2H3,(H,52,53). The number of amides is 1. The molecule has 1 aliphatic rings. The van der Waals surface area contributed by atoms with Crippen LogP contribution in [0.3, 0.4) is 0 Å². The number of methoxy groups -OCH3 is 2. The number of anilines is 2. The molecule has 0 radical (unpaired) electrons. The zero-order valence-corrected chi connectivity index (χ0v) is 33.9. The van der Waals surface area contributed by atoms with Crippen molar-refractivity contribution in [2.24, 2.45) is 0 Å². The first-order valence-corrected chi connectivity index (χ1v) is 20.5. The first kappa shape index (κ1) is 42.0. The Bertz CT molecular complexity index is 2630. The molecule has 0 spiro atoms. The monoisotopic (exact) mass is 884 g/mol. The van der Waals surface area contributed by atoms with Gasteiger partial charge in [-0.1, -0.05) is 41.1 Å². The number of piperazine rings is 1. The Labute approximate surface area is 350 Å². The Balaban J connectivity index is 1.25. The molecule has 312 valence electrons. The van der Waals surface area contributed by atoms with Crippen molar-refractivity contribution in [3.05, 3.63) is 119 Å². The quantitative estimate of drug-likeness (QED) is 0.117. The SMILES string of the molecule is COc1ccc(CN(c2nncs2)S(=O)(=O)c2cc(Cl)c(Oc3ccc(-c4ccc(C(F)(F)F)cc4)cc3-c3ccnc(N4CCN(C(=O)O)CC4)c3)cc2F)c(OC)c1. The number of sulfonamides is 1. The van der Waals surface area contributed by atoms with Crippen LogP contribution in [-0.4, -0.2) is 80.1 Å². The van der Waals surface area contributed by atoms with Gasteiger partial charge in [-0.2, -0.15) is 13.2 Å². The lowest BCUT2D eigenvalue weighted by Crippen LogP contribution is -2.48. The third-order valence-corrected chi connectivity index (χ3v) is 12.5. The van der Waals surface area contributed by atoms with E-state index in [0.29, 0.717) is 58.2 Å². The molecular weight excluding hydrogens is 852 g/mol. The van der Waals surface area contributed by atoms with E-state index in [1.165, 1.54) is 42.8 Å². The Morgan fingerprint density at radius 1 is 0.883 bits per heavy atom. The molecular formula is C40H33ClF4N6O7S2. The van der Waals surface area contributed by atoms with Gasteiger partial charge in [-0.3, -0.25) is 0 Å². The predicted molar refractivity (Wildman–Crippen MR) is 216 cm³/mol. The second-order valence-corrected chi connectivity index (χ2v) is 16.2. The molecule has 0 aliphatic carbocycles. The summed E-state index contributed by atoms with van der Waals surface area (Å²) in [6.45, 7) is 0.918. The number of carbonyl (C=O) groups is 1. The lowest BCUT2D eigenvalue weighted by atomic mass is 9.97. The third kappa shape index (κ3) is 8.87. The fourth-order valence-electron chi connectivity index (χ4n) is 6.45. The first-order valence-electron chi connectivity index (χ1n) is 17.8. The molecule has 0 bridgehead atoms. The summed E-state index contributed by atoms with van der Waals surface area (Å²) in [5.74, 6) is -0.00211. The van der Waals surface area contributed by atoms with E-state index >= 15 is 4.39 Å². The van der Waals surface area contributed by atoms with Crippen LogP contribution in [-0.2, 0) is 22.7 Å². The van der Waals surface area contributed by atoms with Crippen LogP contribution in [0.4, 0.5) is 33.3 Å². The number of hydrogen-bond acceptors (Lipinski definition) is 11. The van der Waals surface area contributed by atoms with Crippen LogP contribution in [0.5, 0.6) is 23.0 Å². The van der Waals surface area contributed by atoms with Crippen molar-refractivity contribution in [1.29, 1.82) is 0 Å². The summed E-state index contributed by atoms with van der Waals surface area (Å²) >= 11 is 7.59. The van der Waals surface area contributed by atoms with Gasteiger partial charge < -0.3 is 29.1 Å². The molecule has 1 saturated heterocycles. The van der Waals surface area contributed by atoms with Crippen molar-refractivity contribution < 1.29 is 50.1 Å². The van der Waals surface area contributed by atoms with Gasteiger partial charge in [0, 0.05) is 55.6 Å². The number of alkyl halides is 3. The highest BCUT2D eigenvalue weighted by molar-refractivity contribution is 7.93. The molecule has 60 heavy (non-hydrogen) atoms. The smallest absolute Gasteiger partial charge is 0.416 e. The molecule has 13 nitrogen and oxygen atoms in total. The topological polar surface area (TPSA) is 148 Å². The number of nitrogens with zero attached hydrogens (tertiary/aromatic N) is 6. The Morgan fingerprint density at radius 2 is 1.62 bits per heavy atom. The predicted octanol–water partition coefficient (Wildman–Crippen LogP) is 9.08. The molecule has 2 aromatic heterocycles. The minimum Gasteiger partial charge on any atom is -0.497 e. The van der Waals surface area contributed by atoms with E-state index in [1.54, 1.807) is 48.7 Å². The van der Waals surface area contributed by atoms with E-state index < -0.39 is 38.6 Å². The fraction of sp³-hybridized carbons (Fsp3) is 0.200. The number of hydrogen-bond donors (Lipinski definition) is 1. The number of pyridine rings is 1. The summed E-state index contributed by atoms with van der Waals surface area (Å²) < 4.78 is 103. The number of rotatable bonds is 12. The molecule has 0 atom stereocenters. The van der Waals surface area contributed by atoms with Crippen molar-refractivity contribution in [2.45, 2.75) is 17.6 Å². The number of halogens is 5. The molecule has 1 amide bonds. The molecule has 7 rings (SSSR count). The molecule has 4 aromatic carbocycles. The summed E-state index contributed by atoms with van der Waals surface area (Å²) in [7, 11) is -1.83. The minimum atomic E-state index is -4.71. The van der Waals surface area contributed by atoms with Crippen molar-refractivity contribution >= 4 is 50.0 Å². The zero-order chi connectivity index (χ0) is 42.8. The van der Waals surface area contributed by atoms with Crippen LogP contribution in [0.2, 0.25) is 5.02 Å². The molecule has 1 aliphatic heterocycles. The highest BCUT2D eigenvalue weighted by atomic mass is 35.5. The second-order valence-electron chi connectivity index (χ2n) is 13.2. The molecule has 0 saturated carbocycles. The lowest BCUT2D eigenvalue weighted by Gasteiger charge is -2.34. The summed E-state index contributed by atoms with van der Waals surface area (Å²) in [5, 5.41) is 16.8. The van der Waals surface area contributed by atoms with Crippen LogP contribution in [0.25, 0.3) is 22.3 Å². The number of ether oxygens (including phenoxy) is 3. The maximum absolute atomic E-state index is 16.2. The van der Waals surface area contributed by atoms with Crippen molar-refractivity contribution in [1.82, 2.24) is 20.1 Å². The van der Waals surface area contributed by atoms with Crippen LogP contribution in [0, 0.1) is 5.82 Å². The lowest BCUT2D eigenvalue weighted by molar-refractivity contribution is -0.137. The normalized spacial score (nSPS) is 13.2. The molecule has 3 heterocycles. The summed E-state index contributed by atoms with van der Waals surface area (Å²) in [6.07, 6.45) is -4.02. The van der Waals surface area contributed by atoms with E-state index in [-0.39, 0.29) is 41.3 Å². The minimum absolute atomic E-state index is 0.0537. The van der Waals surface area contributed by atoms with Gasteiger partial charge in [0.1, 0.15) is 45.0 Å². The summed E-state index contributed by atoms with van der Waals surface area (Å²) in [5.41, 5.74) is 2.85. The Morgan fingerprint density at radius 3 is 2.27 bits per heavy atom. The van der Waals surface area contributed by atoms with Gasteiger partial charge in [-0.25, -0.2) is 26.9 Å². The van der Waals surface area contributed by atoms with Gasteiger partial charge in [0.25, 0.3) is 10.0 Å². The van der Waals surface area contributed by atoms with E-state index in [4.69, 9.17) is 25.8 Å². The van der Waals surface area contributed by atoms with E-state index in [9.17, 15) is 31.5 Å². The number of carboxylic acid groups (broad SMARTS) is 1. The zero-order valence-electron chi connectivity index (χ0n) is 31.6. The maximum atomic E-state index is 16.2. The average Bonchev–Trinajstić information content (AvgIpc) is 3.78. The highest BCUT2D eigenvalue weighted by Gasteiger charge is 2.33. The van der Waals surface area contributed by atoms with Crippen molar-refractivity contribution in [3.63, 3.8) is 0 Å². The van der Waals surface area contributed by atoms with Crippen molar-refractivity contribution in [2.75, 3.05) is 49.6 Å². The summed E-state index contributed by atoms with van der Waals surface area (Å²) in [6, 6.07) is 19.4. The van der Waals surface area contributed by atoms with Gasteiger partial charge in [0.05, 0.1) is 31.4 Å². The van der Waals surface area contributed by atoms with E-state index in [1.807, 2.05) is 4.90 Å². The molecule has 0 unspecified atom stereocenters. The Kier molecular flexibility index (Phi) is 12.0. The fourth-order valence-corrected chi connectivity index (χ4v) is 8.97. The first-order chi connectivity index (χ1) is 28.7. The average molecular weight is 885 g/mol. The van der Waals surface area contributed by atoms with Gasteiger partial charge in [0.2, 0.25) is 5.13 Å². The van der Waals surface area contributed by atoms with Crippen LogP contribution < -0.4 is 23.4 Å². The van der Waals surface area contributed by atoms with Gasteiger partial charge >= 0.3 is 12.3 Å². The largest absolute Gasteiger partial charge is 0.497 e. The van der Waals surface area contributed by atoms with Gasteiger partial charge in [-0.15, -0.1) is 10.2 Å². The van der Waals surface area contributed by atoms with Gasteiger partial charge in [-0.05, 0) is 71.3 Å². The third-order valence-electron chi connectivity index (χ3n) is 9.60. The maximum Gasteiger partial charge on any atom is 0.416 e.